The zero-order valence-electron chi connectivity index (χ0n) is 11.8. The third-order valence-corrected chi connectivity index (χ3v) is 4.51. The molecule has 1 aromatic carbocycles. The van der Waals surface area contributed by atoms with E-state index in [1.807, 2.05) is 0 Å². The summed E-state index contributed by atoms with van der Waals surface area (Å²) >= 11 is 6.05. The summed E-state index contributed by atoms with van der Waals surface area (Å²) in [5, 5.41) is 7.70. The largest absolute Gasteiger partial charge is 0.338 e. The standard InChI is InChI=1S/C15H17ClFN3O/c1-2-15(6-3-7-18-9-15)14-19-13(20-21-14)11-5-4-10(17)8-12(11)16/h4-5,8,18H,2-3,6-7,9H2,1H3. The number of halogens is 2. The van der Waals surface area contributed by atoms with Crippen LogP contribution in [0.4, 0.5) is 4.39 Å². The Morgan fingerprint density at radius 1 is 1.48 bits per heavy atom. The van der Waals surface area contributed by atoms with Gasteiger partial charge in [0.25, 0.3) is 0 Å². The van der Waals surface area contributed by atoms with E-state index < -0.39 is 0 Å². The van der Waals surface area contributed by atoms with Gasteiger partial charge in [0.1, 0.15) is 5.82 Å². The van der Waals surface area contributed by atoms with Gasteiger partial charge in [-0.05, 0) is 44.0 Å². The lowest BCUT2D eigenvalue weighted by atomic mass is 9.78. The molecular formula is C15H17ClFN3O. The summed E-state index contributed by atoms with van der Waals surface area (Å²) in [5.74, 6) is 0.662. The minimum absolute atomic E-state index is 0.115. The fourth-order valence-corrected chi connectivity index (χ4v) is 3.07. The van der Waals surface area contributed by atoms with Crippen molar-refractivity contribution in [3.8, 4) is 11.4 Å². The molecule has 0 radical (unpaired) electrons. The predicted octanol–water partition coefficient (Wildman–Crippen LogP) is 3.56. The molecule has 2 heterocycles. The third-order valence-electron chi connectivity index (χ3n) is 4.20. The number of piperidine rings is 1. The molecular weight excluding hydrogens is 293 g/mol. The Labute approximate surface area is 127 Å². The maximum absolute atomic E-state index is 13.1. The van der Waals surface area contributed by atoms with E-state index in [-0.39, 0.29) is 16.3 Å². The van der Waals surface area contributed by atoms with Crippen molar-refractivity contribution in [2.45, 2.75) is 31.6 Å². The molecule has 6 heteroatoms. The highest BCUT2D eigenvalue weighted by molar-refractivity contribution is 6.33. The van der Waals surface area contributed by atoms with Crippen molar-refractivity contribution >= 4 is 11.6 Å². The SMILES string of the molecule is CCC1(c2nc(-c3ccc(F)cc3Cl)no2)CCCNC1. The summed E-state index contributed by atoms with van der Waals surface area (Å²) in [6.07, 6.45) is 3.04. The molecule has 0 amide bonds. The Morgan fingerprint density at radius 2 is 2.33 bits per heavy atom. The third kappa shape index (κ3) is 2.68. The van der Waals surface area contributed by atoms with Gasteiger partial charge in [-0.15, -0.1) is 0 Å². The molecule has 4 nitrogen and oxygen atoms in total. The zero-order chi connectivity index (χ0) is 14.9. The van der Waals surface area contributed by atoms with Crippen molar-refractivity contribution in [3.05, 3.63) is 34.9 Å². The molecule has 1 unspecified atom stereocenters. The number of rotatable bonds is 3. The average Bonchev–Trinajstić information content (AvgIpc) is 2.98. The first-order chi connectivity index (χ1) is 10.1. The monoisotopic (exact) mass is 309 g/mol. The summed E-state index contributed by atoms with van der Waals surface area (Å²) in [6, 6.07) is 4.17. The molecule has 1 fully saturated rings. The molecule has 1 N–H and O–H groups in total. The van der Waals surface area contributed by atoms with Crippen LogP contribution in [0.25, 0.3) is 11.4 Å². The Balaban J connectivity index is 1.95. The molecule has 0 aliphatic carbocycles. The van der Waals surface area contributed by atoms with Gasteiger partial charge in [0.05, 0.1) is 10.4 Å². The summed E-state index contributed by atoms with van der Waals surface area (Å²) in [7, 11) is 0. The fourth-order valence-electron chi connectivity index (χ4n) is 2.82. The molecule has 0 saturated carbocycles. The van der Waals surface area contributed by atoms with Gasteiger partial charge in [-0.2, -0.15) is 4.98 Å². The molecule has 1 aliphatic rings. The van der Waals surface area contributed by atoms with Crippen LogP contribution in [0.15, 0.2) is 22.7 Å². The highest BCUT2D eigenvalue weighted by atomic mass is 35.5. The van der Waals surface area contributed by atoms with E-state index >= 15 is 0 Å². The molecule has 0 spiro atoms. The van der Waals surface area contributed by atoms with Gasteiger partial charge in [-0.1, -0.05) is 23.7 Å². The molecule has 2 aromatic rings. The lowest BCUT2D eigenvalue weighted by Gasteiger charge is -2.33. The highest BCUT2D eigenvalue weighted by Gasteiger charge is 2.37. The summed E-state index contributed by atoms with van der Waals surface area (Å²) in [5.41, 5.74) is 0.471. The van der Waals surface area contributed by atoms with E-state index in [1.54, 1.807) is 6.07 Å². The van der Waals surface area contributed by atoms with Crippen molar-refractivity contribution in [1.29, 1.82) is 0 Å². The van der Waals surface area contributed by atoms with Crippen molar-refractivity contribution in [2.75, 3.05) is 13.1 Å². The van der Waals surface area contributed by atoms with E-state index in [4.69, 9.17) is 16.1 Å². The topological polar surface area (TPSA) is 51.0 Å². The van der Waals surface area contributed by atoms with Crippen LogP contribution >= 0.6 is 11.6 Å². The van der Waals surface area contributed by atoms with Crippen LogP contribution in [0.2, 0.25) is 5.02 Å². The quantitative estimate of drug-likeness (QED) is 0.942. The van der Waals surface area contributed by atoms with Crippen molar-refractivity contribution in [1.82, 2.24) is 15.5 Å². The number of nitrogens with zero attached hydrogens (tertiary/aromatic N) is 2. The molecule has 21 heavy (non-hydrogen) atoms. The number of benzene rings is 1. The van der Waals surface area contributed by atoms with Crippen LogP contribution < -0.4 is 5.32 Å². The Bertz CT molecular complexity index is 638. The number of nitrogens with one attached hydrogen (secondary N) is 1. The van der Waals surface area contributed by atoms with Gasteiger partial charge < -0.3 is 9.84 Å². The minimum Gasteiger partial charge on any atom is -0.338 e. The Kier molecular flexibility index (Phi) is 3.95. The van der Waals surface area contributed by atoms with E-state index in [0.29, 0.717) is 17.3 Å². The molecule has 1 atom stereocenters. The van der Waals surface area contributed by atoms with Gasteiger partial charge in [0.15, 0.2) is 0 Å². The predicted molar refractivity (Wildman–Crippen MR) is 78.8 cm³/mol. The Hall–Kier alpha value is -1.46. The van der Waals surface area contributed by atoms with E-state index in [1.165, 1.54) is 12.1 Å². The van der Waals surface area contributed by atoms with Crippen LogP contribution in [0, 0.1) is 5.82 Å². The van der Waals surface area contributed by atoms with Crippen LogP contribution in [0.1, 0.15) is 32.1 Å². The molecule has 1 aromatic heterocycles. The minimum atomic E-state index is -0.381. The van der Waals surface area contributed by atoms with Gasteiger partial charge in [-0.25, -0.2) is 4.39 Å². The molecule has 1 saturated heterocycles. The fraction of sp³-hybridized carbons (Fsp3) is 0.467. The van der Waals surface area contributed by atoms with Crippen LogP contribution in [-0.2, 0) is 5.41 Å². The summed E-state index contributed by atoms with van der Waals surface area (Å²) in [6.45, 7) is 3.98. The zero-order valence-corrected chi connectivity index (χ0v) is 12.6. The highest BCUT2D eigenvalue weighted by Crippen LogP contribution is 2.35. The van der Waals surface area contributed by atoms with Crippen molar-refractivity contribution in [2.24, 2.45) is 0 Å². The maximum Gasteiger partial charge on any atom is 0.234 e. The average molecular weight is 310 g/mol. The second-order valence-corrected chi connectivity index (χ2v) is 5.87. The first-order valence-electron chi connectivity index (χ1n) is 7.15. The molecule has 3 rings (SSSR count). The van der Waals surface area contributed by atoms with E-state index in [2.05, 4.69) is 22.4 Å². The lowest BCUT2D eigenvalue weighted by Crippen LogP contribution is -2.43. The van der Waals surface area contributed by atoms with Gasteiger partial charge in [-0.3, -0.25) is 0 Å². The second kappa shape index (κ2) is 5.73. The van der Waals surface area contributed by atoms with Crippen LogP contribution in [-0.4, -0.2) is 23.2 Å². The number of hydrogen-bond donors (Lipinski definition) is 1. The van der Waals surface area contributed by atoms with Crippen molar-refractivity contribution < 1.29 is 8.91 Å². The molecule has 0 bridgehead atoms. The molecule has 112 valence electrons. The van der Waals surface area contributed by atoms with E-state index in [9.17, 15) is 4.39 Å². The lowest BCUT2D eigenvalue weighted by molar-refractivity contribution is 0.221. The van der Waals surface area contributed by atoms with Crippen LogP contribution in [0.5, 0.6) is 0 Å². The van der Waals surface area contributed by atoms with Gasteiger partial charge >= 0.3 is 0 Å². The first-order valence-corrected chi connectivity index (χ1v) is 7.53. The normalized spacial score (nSPS) is 22.4. The Morgan fingerprint density at radius 3 is 3.00 bits per heavy atom. The maximum atomic E-state index is 13.1. The van der Waals surface area contributed by atoms with Gasteiger partial charge in [0.2, 0.25) is 11.7 Å². The van der Waals surface area contributed by atoms with E-state index in [0.717, 1.165) is 32.4 Å². The first kappa shape index (κ1) is 14.5. The second-order valence-electron chi connectivity index (χ2n) is 5.46. The summed E-state index contributed by atoms with van der Waals surface area (Å²) < 4.78 is 18.6. The smallest absolute Gasteiger partial charge is 0.234 e. The van der Waals surface area contributed by atoms with Crippen LogP contribution in [0.3, 0.4) is 0 Å². The number of aromatic nitrogens is 2. The van der Waals surface area contributed by atoms with Crippen molar-refractivity contribution in [3.63, 3.8) is 0 Å². The molecule has 1 aliphatic heterocycles. The summed E-state index contributed by atoms with van der Waals surface area (Å²) in [4.78, 5) is 4.51. The number of hydrogen-bond acceptors (Lipinski definition) is 4. The van der Waals surface area contributed by atoms with Gasteiger partial charge in [0, 0.05) is 12.1 Å².